The molecule has 7 heteroatoms. The van der Waals surface area contributed by atoms with Crippen LogP contribution in [0.2, 0.25) is 0 Å². The number of aliphatic carboxylic acids is 1. The van der Waals surface area contributed by atoms with Gasteiger partial charge in [-0.05, 0) is 6.92 Å². The lowest BCUT2D eigenvalue weighted by Gasteiger charge is -2.17. The number of carbonyl (C=O) groups is 1. The van der Waals surface area contributed by atoms with Crippen LogP contribution in [0.3, 0.4) is 0 Å². The lowest BCUT2D eigenvalue weighted by atomic mass is 10.5. The van der Waals surface area contributed by atoms with Crippen LogP contribution in [-0.4, -0.2) is 24.9 Å². The number of hydrogen-bond acceptors (Lipinski definition) is 2. The number of hydrogen-bond donors (Lipinski definition) is 3. The van der Waals surface area contributed by atoms with Crippen LogP contribution in [0, 0.1) is 0 Å². The molecule has 0 amide bonds. The molecule has 0 aromatic carbocycles. The van der Waals surface area contributed by atoms with Gasteiger partial charge in [-0.15, -0.1) is 0 Å². The lowest BCUT2D eigenvalue weighted by molar-refractivity contribution is -0.137. The minimum atomic E-state index is -4.61. The van der Waals surface area contributed by atoms with Crippen LogP contribution in [-0.2, 0) is 9.36 Å². The van der Waals surface area contributed by atoms with Gasteiger partial charge in [-0.1, -0.05) is 15.9 Å². The Kier molecular flexibility index (Phi) is 2.64. The van der Waals surface area contributed by atoms with Crippen LogP contribution in [0.5, 0.6) is 0 Å². The van der Waals surface area contributed by atoms with Crippen LogP contribution < -0.4 is 0 Å². The summed E-state index contributed by atoms with van der Waals surface area (Å²) in [6.45, 7) is 0.899. The Morgan fingerprint density at radius 2 is 1.90 bits per heavy atom. The Morgan fingerprint density at radius 1 is 1.60 bits per heavy atom. The zero-order chi connectivity index (χ0) is 8.58. The van der Waals surface area contributed by atoms with Gasteiger partial charge in [-0.3, -0.25) is 9.36 Å². The van der Waals surface area contributed by atoms with E-state index in [4.69, 9.17) is 14.9 Å². The average molecular weight is 233 g/mol. The van der Waals surface area contributed by atoms with E-state index in [1.807, 2.05) is 0 Å². The summed E-state index contributed by atoms with van der Waals surface area (Å²) in [7, 11) is -4.61. The standard InChI is InChI=1S/C3H6BrO5P/c1-3(4,2(5)6)10(7,8)9/h1H3,(H,5,6)(H2,7,8,9). The fraction of sp³-hybridized carbons (Fsp3) is 0.667. The highest BCUT2D eigenvalue weighted by molar-refractivity contribution is 9.11. The van der Waals surface area contributed by atoms with Crippen LogP contribution in [0.4, 0.5) is 0 Å². The van der Waals surface area contributed by atoms with Crippen LogP contribution in [0.25, 0.3) is 0 Å². The molecule has 0 aliphatic rings. The molecule has 0 bridgehead atoms. The van der Waals surface area contributed by atoms with Crippen molar-refractivity contribution in [1.29, 1.82) is 0 Å². The van der Waals surface area contributed by atoms with Crippen molar-refractivity contribution in [2.75, 3.05) is 0 Å². The molecule has 0 aliphatic heterocycles. The van der Waals surface area contributed by atoms with Gasteiger partial charge in [0.2, 0.25) is 4.07 Å². The van der Waals surface area contributed by atoms with E-state index >= 15 is 0 Å². The van der Waals surface area contributed by atoms with Gasteiger partial charge in [0.25, 0.3) is 0 Å². The van der Waals surface area contributed by atoms with Crippen molar-refractivity contribution >= 4 is 29.5 Å². The Morgan fingerprint density at radius 3 is 1.90 bits per heavy atom. The average Bonchev–Trinajstić information content (AvgIpc) is 1.62. The number of carboxylic acid groups (broad SMARTS) is 1. The van der Waals surface area contributed by atoms with Crippen LogP contribution >= 0.6 is 23.5 Å². The molecule has 0 aromatic rings. The molecule has 60 valence electrons. The fourth-order valence-electron chi connectivity index (χ4n) is 0.125. The molecule has 0 aliphatic carbocycles. The molecule has 0 fully saturated rings. The van der Waals surface area contributed by atoms with E-state index in [9.17, 15) is 9.36 Å². The van der Waals surface area contributed by atoms with Gasteiger partial charge in [-0.25, -0.2) is 0 Å². The molecule has 0 spiro atoms. The summed E-state index contributed by atoms with van der Waals surface area (Å²) in [4.78, 5) is 26.9. The summed E-state index contributed by atoms with van der Waals surface area (Å²) in [5.41, 5.74) is 0. The van der Waals surface area contributed by atoms with E-state index in [0.29, 0.717) is 0 Å². The monoisotopic (exact) mass is 232 g/mol. The molecule has 0 radical (unpaired) electrons. The topological polar surface area (TPSA) is 94.8 Å². The second kappa shape index (κ2) is 2.62. The molecule has 1 unspecified atom stereocenters. The number of alkyl halides is 1. The van der Waals surface area contributed by atoms with E-state index in [2.05, 4.69) is 15.9 Å². The smallest absolute Gasteiger partial charge is 0.353 e. The van der Waals surface area contributed by atoms with Crippen molar-refractivity contribution in [2.24, 2.45) is 0 Å². The van der Waals surface area contributed by atoms with Gasteiger partial charge >= 0.3 is 13.6 Å². The zero-order valence-corrected chi connectivity index (χ0v) is 7.46. The van der Waals surface area contributed by atoms with Crippen molar-refractivity contribution in [3.8, 4) is 0 Å². The summed E-state index contributed by atoms with van der Waals surface area (Å²) < 4.78 is 8.19. The first-order chi connectivity index (χ1) is 4.19. The summed E-state index contributed by atoms with van der Waals surface area (Å²) in [6.07, 6.45) is 0. The molecule has 0 aromatic heterocycles. The van der Waals surface area contributed by atoms with E-state index in [1.165, 1.54) is 0 Å². The third-order valence-corrected chi connectivity index (χ3v) is 3.95. The molecular weight excluding hydrogens is 227 g/mol. The van der Waals surface area contributed by atoms with E-state index in [1.54, 1.807) is 0 Å². The Hall–Kier alpha value is 0.1000. The summed E-state index contributed by atoms with van der Waals surface area (Å²) in [5, 5.41) is 8.24. The van der Waals surface area contributed by atoms with Gasteiger partial charge < -0.3 is 14.9 Å². The maximum Gasteiger partial charge on any atom is 0.353 e. The predicted octanol–water partition coefficient (Wildman–Crippen LogP) is 0.360. The Balaban J connectivity index is 4.75. The van der Waals surface area contributed by atoms with Gasteiger partial charge in [0.15, 0.2) is 0 Å². The second-order valence-corrected chi connectivity index (χ2v) is 5.98. The molecule has 0 heterocycles. The Labute approximate surface area is 65.3 Å². The molecule has 1 atom stereocenters. The molecule has 3 N–H and O–H groups in total. The molecule has 10 heavy (non-hydrogen) atoms. The highest BCUT2D eigenvalue weighted by Crippen LogP contribution is 2.54. The normalized spacial score (nSPS) is 18.0. The van der Waals surface area contributed by atoms with E-state index in [-0.39, 0.29) is 0 Å². The molecule has 0 saturated heterocycles. The first-order valence-electron chi connectivity index (χ1n) is 2.17. The van der Waals surface area contributed by atoms with Crippen molar-refractivity contribution < 1.29 is 24.3 Å². The number of halogens is 1. The van der Waals surface area contributed by atoms with Crippen molar-refractivity contribution in [2.45, 2.75) is 11.0 Å². The lowest BCUT2D eigenvalue weighted by Crippen LogP contribution is -2.27. The Bertz CT molecular complexity index is 193. The summed E-state index contributed by atoms with van der Waals surface area (Å²) >= 11 is 2.40. The predicted molar refractivity (Wildman–Crippen MR) is 37.0 cm³/mol. The van der Waals surface area contributed by atoms with Gasteiger partial charge in [0, 0.05) is 0 Å². The minimum absolute atomic E-state index is 0.899. The van der Waals surface area contributed by atoms with Crippen LogP contribution in [0.1, 0.15) is 6.92 Å². The number of rotatable bonds is 2. The first-order valence-corrected chi connectivity index (χ1v) is 4.58. The molecule has 0 rings (SSSR count). The molecular formula is C3H6BrO5P. The number of carboxylic acids is 1. The van der Waals surface area contributed by atoms with Gasteiger partial charge in [0.1, 0.15) is 0 Å². The van der Waals surface area contributed by atoms with E-state index in [0.717, 1.165) is 6.92 Å². The minimum Gasteiger partial charge on any atom is -0.480 e. The summed E-state index contributed by atoms with van der Waals surface area (Å²) in [5.74, 6) is -1.58. The van der Waals surface area contributed by atoms with Crippen LogP contribution in [0.15, 0.2) is 0 Å². The van der Waals surface area contributed by atoms with Crippen molar-refractivity contribution in [1.82, 2.24) is 0 Å². The maximum atomic E-state index is 10.4. The van der Waals surface area contributed by atoms with Crippen molar-refractivity contribution in [3.05, 3.63) is 0 Å². The quantitative estimate of drug-likeness (QED) is 0.472. The molecule has 5 nitrogen and oxygen atoms in total. The SMILES string of the molecule is CC(Br)(C(=O)O)P(=O)(O)O. The second-order valence-electron chi connectivity index (χ2n) is 1.80. The summed E-state index contributed by atoms with van der Waals surface area (Å²) in [6, 6.07) is 0. The van der Waals surface area contributed by atoms with E-state index < -0.39 is 17.6 Å². The zero-order valence-electron chi connectivity index (χ0n) is 4.98. The first kappa shape index (κ1) is 10.1. The third kappa shape index (κ3) is 1.79. The van der Waals surface area contributed by atoms with Gasteiger partial charge in [0.05, 0.1) is 0 Å². The molecule has 0 saturated carbocycles. The van der Waals surface area contributed by atoms with Gasteiger partial charge in [-0.2, -0.15) is 0 Å². The maximum absolute atomic E-state index is 10.4. The highest BCUT2D eigenvalue weighted by atomic mass is 79.9. The highest BCUT2D eigenvalue weighted by Gasteiger charge is 2.47. The van der Waals surface area contributed by atoms with Crippen molar-refractivity contribution in [3.63, 3.8) is 0 Å². The third-order valence-electron chi connectivity index (χ3n) is 0.937. The fourth-order valence-corrected chi connectivity index (χ4v) is 0.374. The largest absolute Gasteiger partial charge is 0.480 e.